The average molecular weight is 323 g/mol. The number of β-amino-alcohol motifs (C(OH)–C–C–N with tert-alkyl or cyclic N) is 1. The molecule has 2 saturated heterocycles. The molecule has 128 valence electrons. The van der Waals surface area contributed by atoms with E-state index in [1.807, 2.05) is 19.0 Å². The zero-order valence-electron chi connectivity index (χ0n) is 13.8. The lowest BCUT2D eigenvalue weighted by atomic mass is 10.1. The molecule has 2 fully saturated rings. The van der Waals surface area contributed by atoms with Crippen LogP contribution in [-0.2, 0) is 6.54 Å². The summed E-state index contributed by atoms with van der Waals surface area (Å²) in [4.78, 5) is 18.3. The third-order valence-corrected chi connectivity index (χ3v) is 4.51. The highest BCUT2D eigenvalue weighted by Gasteiger charge is 2.39. The molecule has 23 heavy (non-hydrogen) atoms. The maximum atomic E-state index is 12.5. The summed E-state index contributed by atoms with van der Waals surface area (Å²) in [6, 6.07) is 0.0171. The van der Waals surface area contributed by atoms with Gasteiger partial charge in [-0.3, -0.25) is 9.69 Å². The average Bonchev–Trinajstić information content (AvgIpc) is 3.14. The van der Waals surface area contributed by atoms with Crippen molar-refractivity contribution in [3.63, 3.8) is 0 Å². The van der Waals surface area contributed by atoms with Gasteiger partial charge in [-0.25, -0.2) is 0 Å². The van der Waals surface area contributed by atoms with Gasteiger partial charge in [0.1, 0.15) is 0 Å². The van der Waals surface area contributed by atoms with Crippen LogP contribution >= 0.6 is 0 Å². The molecule has 0 aromatic carbocycles. The molecule has 0 aliphatic carbocycles. The monoisotopic (exact) mass is 323 g/mol. The minimum atomic E-state index is -0.513. The zero-order valence-corrected chi connectivity index (χ0v) is 13.8. The zero-order chi connectivity index (χ0) is 16.4. The van der Waals surface area contributed by atoms with E-state index in [0.29, 0.717) is 25.5 Å². The quantitative estimate of drug-likeness (QED) is 0.821. The van der Waals surface area contributed by atoms with Crippen LogP contribution in [0.15, 0.2) is 4.42 Å². The summed E-state index contributed by atoms with van der Waals surface area (Å²) in [5, 5.41) is 18.1. The van der Waals surface area contributed by atoms with Gasteiger partial charge in [0.05, 0.1) is 18.7 Å². The Balaban J connectivity index is 1.63. The SMILES string of the molecule is CN(C)Cc1nnc(C(=O)N2C[C@H](O)[C@@H](N3CCCCC3)C2)o1. The fourth-order valence-electron chi connectivity index (χ4n) is 3.35. The topological polar surface area (TPSA) is 85.9 Å². The molecule has 1 N–H and O–H groups in total. The predicted octanol–water partition coefficient (Wildman–Crippen LogP) is -0.198. The number of amides is 1. The molecule has 0 unspecified atom stereocenters. The molecule has 0 spiro atoms. The van der Waals surface area contributed by atoms with E-state index in [1.54, 1.807) is 4.90 Å². The van der Waals surface area contributed by atoms with Gasteiger partial charge >= 0.3 is 11.8 Å². The molecule has 2 aliphatic heterocycles. The summed E-state index contributed by atoms with van der Waals surface area (Å²) in [6.07, 6.45) is 3.06. The van der Waals surface area contributed by atoms with Crippen LogP contribution in [-0.4, -0.2) is 88.3 Å². The summed E-state index contributed by atoms with van der Waals surface area (Å²) < 4.78 is 5.43. The first-order valence-corrected chi connectivity index (χ1v) is 8.23. The minimum Gasteiger partial charge on any atom is -0.415 e. The van der Waals surface area contributed by atoms with E-state index in [9.17, 15) is 9.90 Å². The highest BCUT2D eigenvalue weighted by Crippen LogP contribution is 2.22. The van der Waals surface area contributed by atoms with Gasteiger partial charge in [-0.05, 0) is 40.0 Å². The van der Waals surface area contributed by atoms with Gasteiger partial charge in [-0.1, -0.05) is 6.42 Å². The van der Waals surface area contributed by atoms with Crippen molar-refractivity contribution in [3.05, 3.63) is 11.8 Å². The molecule has 0 radical (unpaired) electrons. The van der Waals surface area contributed by atoms with Crippen molar-refractivity contribution in [3.8, 4) is 0 Å². The number of hydrogen-bond acceptors (Lipinski definition) is 7. The lowest BCUT2D eigenvalue weighted by Crippen LogP contribution is -2.46. The van der Waals surface area contributed by atoms with E-state index in [1.165, 1.54) is 6.42 Å². The molecule has 3 rings (SSSR count). The molecule has 2 atom stereocenters. The predicted molar refractivity (Wildman–Crippen MR) is 82.8 cm³/mol. The summed E-state index contributed by atoms with van der Waals surface area (Å²) in [6.45, 7) is 3.34. The van der Waals surface area contributed by atoms with Crippen molar-refractivity contribution in [2.45, 2.75) is 38.0 Å². The Bertz CT molecular complexity index is 541. The van der Waals surface area contributed by atoms with Gasteiger partial charge in [0.2, 0.25) is 5.89 Å². The van der Waals surface area contributed by atoms with Crippen molar-refractivity contribution < 1.29 is 14.3 Å². The second kappa shape index (κ2) is 6.94. The van der Waals surface area contributed by atoms with Crippen molar-refractivity contribution >= 4 is 5.91 Å². The molecule has 8 heteroatoms. The summed E-state index contributed by atoms with van der Waals surface area (Å²) in [5.74, 6) is 0.139. The normalized spacial score (nSPS) is 26.2. The summed E-state index contributed by atoms with van der Waals surface area (Å²) >= 11 is 0. The maximum Gasteiger partial charge on any atom is 0.311 e. The van der Waals surface area contributed by atoms with Gasteiger partial charge in [0.15, 0.2) is 0 Å². The lowest BCUT2D eigenvalue weighted by Gasteiger charge is -2.33. The standard InChI is InChI=1S/C15H25N5O3/c1-18(2)10-13-16-17-14(23-13)15(22)20-8-11(12(21)9-20)19-6-4-3-5-7-19/h11-12,21H,3-10H2,1-2H3/t11-,12-/m0/s1. The van der Waals surface area contributed by atoms with Crippen LogP contribution in [0.5, 0.6) is 0 Å². The first-order chi connectivity index (χ1) is 11.0. The number of piperidine rings is 1. The molecular weight excluding hydrogens is 298 g/mol. The smallest absolute Gasteiger partial charge is 0.311 e. The van der Waals surface area contributed by atoms with Gasteiger partial charge in [-0.2, -0.15) is 0 Å². The van der Waals surface area contributed by atoms with Crippen molar-refractivity contribution in [1.29, 1.82) is 0 Å². The van der Waals surface area contributed by atoms with Crippen LogP contribution < -0.4 is 0 Å². The minimum absolute atomic E-state index is 0.00773. The van der Waals surface area contributed by atoms with Crippen LogP contribution in [0.1, 0.15) is 35.8 Å². The van der Waals surface area contributed by atoms with Crippen molar-refractivity contribution in [1.82, 2.24) is 24.9 Å². The Kier molecular flexibility index (Phi) is 4.93. The van der Waals surface area contributed by atoms with Crippen molar-refractivity contribution in [2.24, 2.45) is 0 Å². The van der Waals surface area contributed by atoms with Crippen LogP contribution in [0.2, 0.25) is 0 Å². The van der Waals surface area contributed by atoms with E-state index in [0.717, 1.165) is 25.9 Å². The highest BCUT2D eigenvalue weighted by molar-refractivity contribution is 5.89. The van der Waals surface area contributed by atoms with E-state index in [2.05, 4.69) is 15.1 Å². The number of nitrogens with zero attached hydrogens (tertiary/aromatic N) is 5. The van der Waals surface area contributed by atoms with Crippen LogP contribution in [0, 0.1) is 0 Å². The fraction of sp³-hybridized carbons (Fsp3) is 0.800. The molecule has 8 nitrogen and oxygen atoms in total. The summed E-state index contributed by atoms with van der Waals surface area (Å²) in [7, 11) is 3.79. The second-order valence-electron chi connectivity index (χ2n) is 6.68. The molecule has 2 aliphatic rings. The van der Waals surface area contributed by atoms with E-state index >= 15 is 0 Å². The highest BCUT2D eigenvalue weighted by atomic mass is 16.4. The third kappa shape index (κ3) is 3.70. The lowest BCUT2D eigenvalue weighted by molar-refractivity contribution is 0.0698. The molecule has 1 amide bonds. The first-order valence-electron chi connectivity index (χ1n) is 8.23. The van der Waals surface area contributed by atoms with E-state index in [4.69, 9.17) is 4.42 Å². The number of likely N-dealkylation sites (tertiary alicyclic amines) is 2. The van der Waals surface area contributed by atoms with Gasteiger partial charge in [-0.15, -0.1) is 10.2 Å². The molecule has 1 aromatic rings. The molecule has 0 saturated carbocycles. The Labute approximate surface area is 136 Å². The van der Waals surface area contributed by atoms with Crippen molar-refractivity contribution in [2.75, 3.05) is 40.3 Å². The van der Waals surface area contributed by atoms with Gasteiger partial charge < -0.3 is 19.3 Å². The molecule has 1 aromatic heterocycles. The fourth-order valence-corrected chi connectivity index (χ4v) is 3.35. The Hall–Kier alpha value is -1.51. The third-order valence-electron chi connectivity index (χ3n) is 4.51. The van der Waals surface area contributed by atoms with Gasteiger partial charge in [0, 0.05) is 13.1 Å². The number of rotatable bonds is 4. The Morgan fingerprint density at radius 3 is 2.70 bits per heavy atom. The molecule has 0 bridgehead atoms. The number of carbonyl (C=O) groups excluding carboxylic acids is 1. The molecular formula is C15H25N5O3. The summed E-state index contributed by atoms with van der Waals surface area (Å²) in [5.41, 5.74) is 0. The number of hydrogen-bond donors (Lipinski definition) is 1. The Morgan fingerprint density at radius 1 is 1.26 bits per heavy atom. The van der Waals surface area contributed by atoms with E-state index in [-0.39, 0.29) is 17.8 Å². The largest absolute Gasteiger partial charge is 0.415 e. The second-order valence-corrected chi connectivity index (χ2v) is 6.68. The number of aromatic nitrogens is 2. The molecule has 3 heterocycles. The Morgan fingerprint density at radius 2 is 2.00 bits per heavy atom. The van der Waals surface area contributed by atoms with Gasteiger partial charge in [0.25, 0.3) is 0 Å². The number of aliphatic hydroxyl groups excluding tert-OH is 1. The van der Waals surface area contributed by atoms with Crippen LogP contribution in [0.4, 0.5) is 0 Å². The first kappa shape index (κ1) is 16.4. The number of aliphatic hydroxyl groups is 1. The van der Waals surface area contributed by atoms with E-state index < -0.39 is 6.10 Å². The van der Waals surface area contributed by atoms with Crippen LogP contribution in [0.25, 0.3) is 0 Å². The number of carbonyl (C=O) groups is 1. The van der Waals surface area contributed by atoms with Crippen LogP contribution in [0.3, 0.4) is 0 Å². The maximum absolute atomic E-state index is 12.5.